The molecule has 0 aromatic carbocycles. The van der Waals surface area contributed by atoms with Crippen molar-refractivity contribution in [1.29, 1.82) is 0 Å². The van der Waals surface area contributed by atoms with Gasteiger partial charge in [-0.05, 0) is 54.9 Å². The molecule has 0 atom stereocenters. The van der Waals surface area contributed by atoms with E-state index in [2.05, 4.69) is 34.7 Å². The van der Waals surface area contributed by atoms with Crippen molar-refractivity contribution in [3.63, 3.8) is 0 Å². The molecule has 0 radical (unpaired) electrons. The molecule has 1 aromatic rings. The van der Waals surface area contributed by atoms with Gasteiger partial charge in [0.15, 0.2) is 0 Å². The van der Waals surface area contributed by atoms with Crippen molar-refractivity contribution in [2.24, 2.45) is 0 Å². The molecule has 0 N–H and O–H groups in total. The second kappa shape index (κ2) is 7.08. The third kappa shape index (κ3) is 3.69. The minimum absolute atomic E-state index is 0.459. The summed E-state index contributed by atoms with van der Waals surface area (Å²) in [4.78, 5) is 3.74. The topological polar surface area (TPSA) is 40.6 Å². The van der Waals surface area contributed by atoms with Gasteiger partial charge in [-0.15, -0.1) is 11.3 Å². The van der Waals surface area contributed by atoms with Crippen molar-refractivity contribution in [2.45, 2.75) is 44.6 Å². The van der Waals surface area contributed by atoms with Crippen LogP contribution < -0.4 is 0 Å². The van der Waals surface area contributed by atoms with Gasteiger partial charge in [0.05, 0.1) is 8.68 Å². The van der Waals surface area contributed by atoms with Gasteiger partial charge < -0.3 is 4.90 Å². The monoisotopic (exact) mass is 394 g/mol. The lowest BCUT2D eigenvalue weighted by Crippen LogP contribution is -2.46. The van der Waals surface area contributed by atoms with Gasteiger partial charge in [-0.25, -0.2) is 8.42 Å². The largest absolute Gasteiger partial charge is 0.301 e. The summed E-state index contributed by atoms with van der Waals surface area (Å²) in [5.74, 6) is 0. The molecule has 21 heavy (non-hydrogen) atoms. The van der Waals surface area contributed by atoms with Crippen LogP contribution in [0.3, 0.4) is 0 Å². The van der Waals surface area contributed by atoms with E-state index in [0.29, 0.717) is 24.0 Å². The maximum absolute atomic E-state index is 12.7. The summed E-state index contributed by atoms with van der Waals surface area (Å²) in [6.07, 6.45) is 1.84. The van der Waals surface area contributed by atoms with Gasteiger partial charge in [0.1, 0.15) is 0 Å². The summed E-state index contributed by atoms with van der Waals surface area (Å²) >= 11 is 4.85. The zero-order valence-electron chi connectivity index (χ0n) is 12.8. The fraction of sp³-hybridized carbons (Fsp3) is 0.714. The Labute approximate surface area is 140 Å². The number of hydrogen-bond acceptors (Lipinski definition) is 4. The predicted octanol–water partition coefficient (Wildman–Crippen LogP) is 3.31. The number of aryl methyl sites for hydroxylation is 1. The lowest BCUT2D eigenvalue weighted by molar-refractivity contribution is 0.152. The number of nitrogens with zero attached hydrogens (tertiary/aromatic N) is 2. The lowest BCUT2D eigenvalue weighted by atomic mass is 10.1. The molecule has 0 bridgehead atoms. The Morgan fingerprint density at radius 2 is 1.90 bits per heavy atom. The van der Waals surface area contributed by atoms with Crippen LogP contribution in [0.1, 0.15) is 31.6 Å². The summed E-state index contributed by atoms with van der Waals surface area (Å²) in [6, 6.07) is 2.24. The fourth-order valence-corrected chi connectivity index (χ4v) is 6.87. The maximum Gasteiger partial charge on any atom is 0.244 e. The van der Waals surface area contributed by atoms with E-state index in [1.165, 1.54) is 11.3 Å². The zero-order chi connectivity index (χ0) is 15.6. The van der Waals surface area contributed by atoms with E-state index in [1.54, 1.807) is 10.4 Å². The molecule has 0 saturated carbocycles. The second-order valence-electron chi connectivity index (χ2n) is 5.33. The molecule has 1 saturated heterocycles. The number of piperidine rings is 1. The summed E-state index contributed by atoms with van der Waals surface area (Å²) < 4.78 is 28.0. The van der Waals surface area contributed by atoms with Gasteiger partial charge in [0.25, 0.3) is 0 Å². The average Bonchev–Trinajstić information content (AvgIpc) is 2.80. The summed E-state index contributed by atoms with van der Waals surface area (Å²) in [7, 11) is -3.34. The van der Waals surface area contributed by atoms with Crippen LogP contribution in [0.2, 0.25) is 0 Å². The molecule has 0 unspecified atom stereocenters. The molecule has 2 rings (SSSR count). The van der Waals surface area contributed by atoms with Crippen molar-refractivity contribution in [1.82, 2.24) is 9.21 Å². The first kappa shape index (κ1) is 17.4. The number of hydrogen-bond donors (Lipinski definition) is 0. The van der Waals surface area contributed by atoms with Crippen LogP contribution >= 0.6 is 27.3 Å². The lowest BCUT2D eigenvalue weighted by Gasteiger charge is -2.37. The number of thiophene rings is 1. The molecular weight excluding hydrogens is 372 g/mol. The Kier molecular flexibility index (Phi) is 5.87. The van der Waals surface area contributed by atoms with E-state index in [4.69, 9.17) is 0 Å². The van der Waals surface area contributed by atoms with Gasteiger partial charge in [-0.3, -0.25) is 0 Å². The normalized spacial score (nSPS) is 18.5. The van der Waals surface area contributed by atoms with Gasteiger partial charge in [0.2, 0.25) is 10.0 Å². The predicted molar refractivity (Wildman–Crippen MR) is 91.5 cm³/mol. The molecular formula is C14H23BrN2O2S2. The molecule has 1 aliphatic heterocycles. The molecule has 4 nitrogen and oxygen atoms in total. The molecule has 1 aliphatic rings. The smallest absolute Gasteiger partial charge is 0.244 e. The Hall–Kier alpha value is 0.0500. The van der Waals surface area contributed by atoms with E-state index < -0.39 is 10.0 Å². The molecule has 7 heteroatoms. The van der Waals surface area contributed by atoms with Crippen LogP contribution in [-0.4, -0.2) is 49.8 Å². The first-order valence-corrected chi connectivity index (χ1v) is 10.4. The van der Waals surface area contributed by atoms with Crippen LogP contribution in [-0.2, 0) is 10.0 Å². The van der Waals surface area contributed by atoms with Crippen LogP contribution in [0.5, 0.6) is 0 Å². The Morgan fingerprint density at radius 1 is 1.33 bits per heavy atom. The SMILES string of the molecule is CCN(CC)C1CCN(S(=O)(=O)c2cc(Br)sc2C)CC1. The molecule has 0 amide bonds. The third-order valence-corrected chi connectivity index (χ3v) is 7.92. The number of sulfonamides is 1. The first-order valence-electron chi connectivity index (χ1n) is 7.40. The third-order valence-electron chi connectivity index (χ3n) is 4.21. The van der Waals surface area contributed by atoms with Gasteiger partial charge in [-0.2, -0.15) is 4.31 Å². The Bertz CT molecular complexity index is 574. The second-order valence-corrected chi connectivity index (χ2v) is 9.87. The van der Waals surface area contributed by atoms with Gasteiger partial charge >= 0.3 is 0 Å². The van der Waals surface area contributed by atoms with E-state index in [-0.39, 0.29) is 0 Å². The highest BCUT2D eigenvalue weighted by atomic mass is 79.9. The highest BCUT2D eigenvalue weighted by Gasteiger charge is 2.32. The number of rotatable bonds is 5. The fourth-order valence-electron chi connectivity index (χ4n) is 3.01. The van der Waals surface area contributed by atoms with Crippen molar-refractivity contribution in [2.75, 3.05) is 26.2 Å². The molecule has 1 fully saturated rings. The highest BCUT2D eigenvalue weighted by molar-refractivity contribution is 9.11. The van der Waals surface area contributed by atoms with E-state index in [9.17, 15) is 8.42 Å². The molecule has 0 spiro atoms. The van der Waals surface area contributed by atoms with Crippen molar-refractivity contribution in [3.8, 4) is 0 Å². The van der Waals surface area contributed by atoms with Crippen molar-refractivity contribution in [3.05, 3.63) is 14.7 Å². The van der Waals surface area contributed by atoms with E-state index in [1.807, 2.05) is 6.92 Å². The summed E-state index contributed by atoms with van der Waals surface area (Å²) in [6.45, 7) is 9.50. The summed E-state index contributed by atoms with van der Waals surface area (Å²) in [5.41, 5.74) is 0. The minimum Gasteiger partial charge on any atom is -0.301 e. The molecule has 0 aliphatic carbocycles. The quantitative estimate of drug-likeness (QED) is 0.768. The first-order chi connectivity index (χ1) is 9.90. The maximum atomic E-state index is 12.7. The zero-order valence-corrected chi connectivity index (χ0v) is 16.0. The average molecular weight is 395 g/mol. The molecule has 2 heterocycles. The van der Waals surface area contributed by atoms with Crippen LogP contribution in [0.4, 0.5) is 0 Å². The standard InChI is InChI=1S/C14H23BrN2O2S2/c1-4-16(5-2)12-6-8-17(9-7-12)21(18,19)13-10-14(15)20-11(13)3/h10,12H,4-9H2,1-3H3. The number of halogens is 1. The minimum atomic E-state index is -3.34. The van der Waals surface area contributed by atoms with Crippen LogP contribution in [0.15, 0.2) is 14.7 Å². The van der Waals surface area contributed by atoms with Crippen LogP contribution in [0.25, 0.3) is 0 Å². The van der Waals surface area contributed by atoms with Gasteiger partial charge in [-0.1, -0.05) is 13.8 Å². The van der Waals surface area contributed by atoms with E-state index >= 15 is 0 Å². The van der Waals surface area contributed by atoms with E-state index in [0.717, 1.165) is 34.6 Å². The molecule has 120 valence electrons. The van der Waals surface area contributed by atoms with Crippen molar-refractivity contribution >= 4 is 37.3 Å². The van der Waals surface area contributed by atoms with Crippen molar-refractivity contribution < 1.29 is 8.42 Å². The Morgan fingerprint density at radius 3 is 2.33 bits per heavy atom. The Balaban J connectivity index is 2.09. The van der Waals surface area contributed by atoms with Gasteiger partial charge in [0, 0.05) is 24.0 Å². The summed E-state index contributed by atoms with van der Waals surface area (Å²) in [5, 5.41) is 0. The molecule has 1 aromatic heterocycles. The highest BCUT2D eigenvalue weighted by Crippen LogP contribution is 2.32. The van der Waals surface area contributed by atoms with Crippen LogP contribution in [0, 0.1) is 6.92 Å².